The van der Waals surface area contributed by atoms with E-state index < -0.39 is 36.7 Å². The number of hydrogen-bond acceptors (Lipinski definition) is 7. The molecule has 146 valence electrons. The van der Waals surface area contributed by atoms with E-state index in [0.717, 1.165) is 0 Å². The maximum atomic E-state index is 11.2. The molecule has 0 saturated carbocycles. The molecule has 1 aliphatic heterocycles. The number of carboxylic acid groups (broad SMARTS) is 1. The number of rotatable bonds is 5. The molecule has 0 radical (unpaired) electrons. The highest BCUT2D eigenvalue weighted by Crippen LogP contribution is 2.38. The van der Waals surface area contributed by atoms with Crippen LogP contribution in [0.15, 0.2) is 12.1 Å². The molecule has 2 rings (SSSR count). The Morgan fingerprint density at radius 1 is 1.00 bits per heavy atom. The lowest BCUT2D eigenvalue weighted by Crippen LogP contribution is -2.61. The van der Waals surface area contributed by atoms with Gasteiger partial charge in [-0.05, 0) is 24.0 Å². The Hall–Kier alpha value is -1.87. The Balaban J connectivity index is 2.35. The third-order valence-corrected chi connectivity index (χ3v) is 4.45. The van der Waals surface area contributed by atoms with Gasteiger partial charge in [-0.15, -0.1) is 0 Å². The standard InChI is InChI=1S/C18H26O8/c1-7(2)10-5-9(6-11(8(3)4)12(10)19)25-18-15(22)13(20)14(21)16(26-18)17(23)24/h5-8,13-16,18-22H,1-4H3,(H,23,24)/t13-,14-,15+,16-,18+/m0/s1. The van der Waals surface area contributed by atoms with Crippen molar-refractivity contribution >= 4 is 5.97 Å². The SMILES string of the molecule is CC(C)c1cc(O[C@@H]2O[C@H](C(=O)O)[C@@H](O)[C@H](O)[C@H]2O)cc(C(C)C)c1O. The Kier molecular flexibility index (Phi) is 6.13. The van der Waals surface area contributed by atoms with E-state index in [9.17, 15) is 25.2 Å². The van der Waals surface area contributed by atoms with Crippen molar-refractivity contribution in [2.45, 2.75) is 70.2 Å². The van der Waals surface area contributed by atoms with E-state index in [1.807, 2.05) is 27.7 Å². The number of phenols is 1. The minimum absolute atomic E-state index is 0.00701. The normalized spacial score (nSPS) is 29.2. The Bertz CT molecular complexity index is 628. The van der Waals surface area contributed by atoms with Gasteiger partial charge >= 0.3 is 5.97 Å². The zero-order chi connectivity index (χ0) is 19.8. The summed E-state index contributed by atoms with van der Waals surface area (Å²) in [5, 5.41) is 49.2. The molecule has 8 heteroatoms. The van der Waals surface area contributed by atoms with Crippen LogP contribution in [0.2, 0.25) is 0 Å². The summed E-state index contributed by atoms with van der Waals surface area (Å²) < 4.78 is 10.7. The van der Waals surface area contributed by atoms with Crippen LogP contribution >= 0.6 is 0 Å². The van der Waals surface area contributed by atoms with E-state index in [2.05, 4.69) is 0 Å². The van der Waals surface area contributed by atoms with Gasteiger partial charge in [0.2, 0.25) is 6.29 Å². The van der Waals surface area contributed by atoms with Crippen molar-refractivity contribution in [1.29, 1.82) is 0 Å². The van der Waals surface area contributed by atoms with E-state index in [4.69, 9.17) is 14.6 Å². The van der Waals surface area contributed by atoms with Crippen molar-refractivity contribution < 1.29 is 39.8 Å². The van der Waals surface area contributed by atoms with Crippen molar-refractivity contribution in [2.24, 2.45) is 0 Å². The molecule has 0 bridgehead atoms. The summed E-state index contributed by atoms with van der Waals surface area (Å²) >= 11 is 0. The van der Waals surface area contributed by atoms with Gasteiger partial charge in [0.15, 0.2) is 6.10 Å². The van der Waals surface area contributed by atoms with Crippen molar-refractivity contribution in [2.75, 3.05) is 0 Å². The summed E-state index contributed by atoms with van der Waals surface area (Å²) in [7, 11) is 0. The minimum Gasteiger partial charge on any atom is -0.507 e. The first-order chi connectivity index (χ1) is 12.0. The molecule has 26 heavy (non-hydrogen) atoms. The lowest BCUT2D eigenvalue weighted by molar-refractivity contribution is -0.271. The highest BCUT2D eigenvalue weighted by atomic mass is 16.7. The summed E-state index contributed by atoms with van der Waals surface area (Å²) in [6.07, 6.45) is -8.37. The molecule has 8 nitrogen and oxygen atoms in total. The largest absolute Gasteiger partial charge is 0.507 e. The van der Waals surface area contributed by atoms with E-state index >= 15 is 0 Å². The van der Waals surface area contributed by atoms with Crippen LogP contribution in [0.1, 0.15) is 50.7 Å². The summed E-state index contributed by atoms with van der Waals surface area (Å²) in [5.41, 5.74) is 1.26. The molecule has 1 fully saturated rings. The van der Waals surface area contributed by atoms with Gasteiger partial charge in [0.25, 0.3) is 0 Å². The molecule has 0 aliphatic carbocycles. The monoisotopic (exact) mass is 370 g/mol. The van der Waals surface area contributed by atoms with Crippen molar-refractivity contribution in [3.63, 3.8) is 0 Å². The van der Waals surface area contributed by atoms with Gasteiger partial charge in [0.05, 0.1) is 0 Å². The summed E-state index contributed by atoms with van der Waals surface area (Å²) in [5.74, 6) is -1.08. The van der Waals surface area contributed by atoms with E-state index in [-0.39, 0.29) is 23.3 Å². The van der Waals surface area contributed by atoms with Crippen LogP contribution in [0.25, 0.3) is 0 Å². The van der Waals surface area contributed by atoms with Crippen LogP contribution in [0.4, 0.5) is 0 Å². The fraction of sp³-hybridized carbons (Fsp3) is 0.611. The molecule has 1 aliphatic rings. The number of aliphatic carboxylic acids is 1. The number of ether oxygens (including phenoxy) is 2. The molecule has 0 spiro atoms. The lowest BCUT2D eigenvalue weighted by atomic mass is 9.93. The maximum absolute atomic E-state index is 11.2. The second-order valence-corrected chi connectivity index (χ2v) is 7.11. The molecule has 1 aromatic carbocycles. The first kappa shape index (κ1) is 20.4. The fourth-order valence-corrected chi connectivity index (χ4v) is 2.88. The van der Waals surface area contributed by atoms with Gasteiger partial charge in [0.1, 0.15) is 29.8 Å². The van der Waals surface area contributed by atoms with Gasteiger partial charge in [-0.1, -0.05) is 27.7 Å². The third kappa shape index (κ3) is 3.93. The zero-order valence-electron chi connectivity index (χ0n) is 15.2. The molecular weight excluding hydrogens is 344 g/mol. The number of hydrogen-bond donors (Lipinski definition) is 5. The number of carboxylic acids is 1. The van der Waals surface area contributed by atoms with E-state index in [1.165, 1.54) is 0 Å². The average Bonchev–Trinajstić information content (AvgIpc) is 2.55. The quantitative estimate of drug-likeness (QED) is 0.516. The van der Waals surface area contributed by atoms with Gasteiger partial charge in [-0.25, -0.2) is 4.79 Å². The van der Waals surface area contributed by atoms with Crippen LogP contribution in [-0.2, 0) is 9.53 Å². The molecule has 1 aromatic rings. The minimum atomic E-state index is -1.78. The van der Waals surface area contributed by atoms with Crippen molar-refractivity contribution in [3.8, 4) is 11.5 Å². The zero-order valence-corrected chi connectivity index (χ0v) is 15.2. The molecule has 5 atom stereocenters. The van der Waals surface area contributed by atoms with Crippen molar-refractivity contribution in [3.05, 3.63) is 23.3 Å². The van der Waals surface area contributed by atoms with Gasteiger partial charge in [-0.3, -0.25) is 0 Å². The van der Waals surface area contributed by atoms with Gasteiger partial charge in [-0.2, -0.15) is 0 Å². The molecule has 1 saturated heterocycles. The summed E-state index contributed by atoms with van der Waals surface area (Å²) in [6.45, 7) is 7.59. The Labute approximate surface area is 151 Å². The predicted octanol–water partition coefficient (Wildman–Crippen LogP) is 0.910. The lowest BCUT2D eigenvalue weighted by Gasteiger charge is -2.38. The van der Waals surface area contributed by atoms with Crippen LogP contribution in [0, 0.1) is 0 Å². The number of aromatic hydroxyl groups is 1. The molecule has 0 amide bonds. The fourth-order valence-electron chi connectivity index (χ4n) is 2.88. The van der Waals surface area contributed by atoms with Gasteiger partial charge < -0.3 is 35.0 Å². The average molecular weight is 370 g/mol. The topological polar surface area (TPSA) is 137 Å². The molecule has 0 unspecified atom stereocenters. The molecule has 5 N–H and O–H groups in total. The smallest absolute Gasteiger partial charge is 0.335 e. The number of phenolic OH excluding ortho intramolecular Hbond substituents is 1. The number of benzene rings is 1. The first-order valence-corrected chi connectivity index (χ1v) is 8.50. The molecule has 1 heterocycles. The first-order valence-electron chi connectivity index (χ1n) is 8.50. The highest BCUT2D eigenvalue weighted by Gasteiger charge is 2.48. The van der Waals surface area contributed by atoms with E-state index in [0.29, 0.717) is 11.1 Å². The maximum Gasteiger partial charge on any atom is 0.335 e. The molecule has 0 aromatic heterocycles. The second kappa shape index (κ2) is 7.79. The Morgan fingerprint density at radius 2 is 1.50 bits per heavy atom. The third-order valence-electron chi connectivity index (χ3n) is 4.45. The van der Waals surface area contributed by atoms with Crippen LogP contribution in [0.5, 0.6) is 11.5 Å². The molecular formula is C18H26O8. The van der Waals surface area contributed by atoms with Crippen LogP contribution in [0.3, 0.4) is 0 Å². The summed E-state index contributed by atoms with van der Waals surface area (Å²) in [4.78, 5) is 11.2. The van der Waals surface area contributed by atoms with Gasteiger partial charge in [0, 0.05) is 11.1 Å². The number of aliphatic hydroxyl groups excluding tert-OH is 3. The number of aliphatic hydroxyl groups is 3. The Morgan fingerprint density at radius 3 is 1.92 bits per heavy atom. The van der Waals surface area contributed by atoms with Crippen LogP contribution < -0.4 is 4.74 Å². The van der Waals surface area contributed by atoms with E-state index in [1.54, 1.807) is 12.1 Å². The van der Waals surface area contributed by atoms with Crippen molar-refractivity contribution in [1.82, 2.24) is 0 Å². The summed E-state index contributed by atoms with van der Waals surface area (Å²) in [6, 6.07) is 3.16. The van der Waals surface area contributed by atoms with Crippen LogP contribution in [-0.4, -0.2) is 62.2 Å². The number of carbonyl (C=O) groups is 1. The highest BCUT2D eigenvalue weighted by molar-refractivity contribution is 5.73. The predicted molar refractivity (Wildman–Crippen MR) is 91.2 cm³/mol. The second-order valence-electron chi connectivity index (χ2n) is 7.11.